The van der Waals surface area contributed by atoms with Gasteiger partial charge in [-0.15, -0.1) is 13.2 Å². The number of hydrogen-bond acceptors (Lipinski definition) is 2. The van der Waals surface area contributed by atoms with Gasteiger partial charge in [0.05, 0.1) is 12.1 Å². The third kappa shape index (κ3) is 2.76. The lowest BCUT2D eigenvalue weighted by atomic mass is 10.2. The Hall–Kier alpha value is -1.69. The van der Waals surface area contributed by atoms with Crippen molar-refractivity contribution in [3.63, 3.8) is 0 Å². The number of benzene rings is 1. The molecule has 0 aliphatic rings. The second-order valence-electron chi connectivity index (χ2n) is 3.74. The van der Waals surface area contributed by atoms with Crippen LogP contribution in [0.25, 0.3) is 10.9 Å². The van der Waals surface area contributed by atoms with Gasteiger partial charge in [0.2, 0.25) is 0 Å². The molecule has 0 atom stereocenters. The van der Waals surface area contributed by atoms with E-state index in [4.69, 9.17) is 4.74 Å². The van der Waals surface area contributed by atoms with Crippen molar-refractivity contribution >= 4 is 10.9 Å². The molecule has 0 bridgehead atoms. The Labute approximate surface area is 102 Å². The summed E-state index contributed by atoms with van der Waals surface area (Å²) >= 11 is 0. The van der Waals surface area contributed by atoms with Gasteiger partial charge in [-0.25, -0.2) is 0 Å². The molecule has 1 aromatic carbocycles. The first-order valence-electron chi connectivity index (χ1n) is 5.34. The molecule has 0 N–H and O–H groups in total. The normalized spacial score (nSPS) is 12.0. The van der Waals surface area contributed by atoms with Crippen LogP contribution >= 0.6 is 0 Å². The van der Waals surface area contributed by atoms with E-state index < -0.39 is 6.36 Å². The highest BCUT2D eigenvalue weighted by atomic mass is 19.4. The molecule has 0 spiro atoms. The minimum atomic E-state index is -4.68. The second kappa shape index (κ2) is 4.89. The number of halogens is 3. The molecule has 2 aromatic rings. The smallest absolute Gasteiger partial charge is 0.405 e. The maximum absolute atomic E-state index is 12.2. The number of methoxy groups -OCH3 is 1. The minimum Gasteiger partial charge on any atom is -0.405 e. The van der Waals surface area contributed by atoms with E-state index in [2.05, 4.69) is 4.74 Å². The van der Waals surface area contributed by atoms with Crippen molar-refractivity contribution in [3.8, 4) is 5.75 Å². The van der Waals surface area contributed by atoms with Gasteiger partial charge in [0.1, 0.15) is 5.75 Å². The zero-order valence-electron chi connectivity index (χ0n) is 9.70. The van der Waals surface area contributed by atoms with Crippen molar-refractivity contribution in [2.45, 2.75) is 12.9 Å². The summed E-state index contributed by atoms with van der Waals surface area (Å²) < 4.78 is 47.4. The summed E-state index contributed by atoms with van der Waals surface area (Å²) in [5.41, 5.74) is 0.689. The van der Waals surface area contributed by atoms with Crippen LogP contribution < -0.4 is 4.74 Å². The van der Waals surface area contributed by atoms with E-state index >= 15 is 0 Å². The molecule has 18 heavy (non-hydrogen) atoms. The lowest BCUT2D eigenvalue weighted by Crippen LogP contribution is -2.17. The molecular weight excluding hydrogens is 247 g/mol. The summed E-state index contributed by atoms with van der Waals surface area (Å²) in [5.74, 6) is -0.184. The van der Waals surface area contributed by atoms with Crippen LogP contribution in [0.5, 0.6) is 5.75 Å². The van der Waals surface area contributed by atoms with Crippen LogP contribution in [0.3, 0.4) is 0 Å². The van der Waals surface area contributed by atoms with Crippen molar-refractivity contribution in [1.82, 2.24) is 4.57 Å². The number of ether oxygens (including phenoxy) is 2. The highest BCUT2D eigenvalue weighted by Gasteiger charge is 2.31. The average molecular weight is 259 g/mol. The van der Waals surface area contributed by atoms with E-state index in [1.54, 1.807) is 25.4 Å². The Balaban J connectivity index is 2.36. The van der Waals surface area contributed by atoms with Gasteiger partial charge in [0.15, 0.2) is 0 Å². The van der Waals surface area contributed by atoms with Gasteiger partial charge < -0.3 is 14.0 Å². The fourth-order valence-corrected chi connectivity index (χ4v) is 1.79. The second-order valence-corrected chi connectivity index (χ2v) is 3.74. The lowest BCUT2D eigenvalue weighted by molar-refractivity contribution is -0.274. The molecule has 0 aliphatic carbocycles. The molecule has 0 aliphatic heterocycles. The fourth-order valence-electron chi connectivity index (χ4n) is 1.79. The Morgan fingerprint density at radius 2 is 2.00 bits per heavy atom. The standard InChI is InChI=1S/C12H12F3NO2/c1-17-8-7-16-6-5-9-10(16)3-2-4-11(9)18-12(13,14)15/h2-6H,7-8H2,1H3. The maximum atomic E-state index is 12.2. The average Bonchev–Trinajstić information content (AvgIpc) is 2.69. The van der Waals surface area contributed by atoms with Crippen LogP contribution in [0.15, 0.2) is 30.5 Å². The van der Waals surface area contributed by atoms with Crippen LogP contribution in [0.1, 0.15) is 0 Å². The number of nitrogens with zero attached hydrogens (tertiary/aromatic N) is 1. The largest absolute Gasteiger partial charge is 0.573 e. The Morgan fingerprint density at radius 1 is 1.22 bits per heavy atom. The number of rotatable bonds is 4. The zero-order chi connectivity index (χ0) is 13.2. The van der Waals surface area contributed by atoms with E-state index in [-0.39, 0.29) is 5.75 Å². The van der Waals surface area contributed by atoms with Crippen molar-refractivity contribution in [2.24, 2.45) is 0 Å². The van der Waals surface area contributed by atoms with E-state index in [0.29, 0.717) is 24.1 Å². The highest BCUT2D eigenvalue weighted by molar-refractivity contribution is 5.86. The first kappa shape index (κ1) is 12.8. The summed E-state index contributed by atoms with van der Waals surface area (Å²) in [4.78, 5) is 0. The number of hydrogen-bond donors (Lipinski definition) is 0. The molecular formula is C12H12F3NO2. The molecule has 0 saturated carbocycles. The zero-order valence-corrected chi connectivity index (χ0v) is 9.70. The third-order valence-electron chi connectivity index (χ3n) is 2.54. The van der Waals surface area contributed by atoms with Crippen LogP contribution in [-0.2, 0) is 11.3 Å². The Bertz CT molecular complexity index is 534. The quantitative estimate of drug-likeness (QED) is 0.841. The van der Waals surface area contributed by atoms with Gasteiger partial charge in [-0.3, -0.25) is 0 Å². The molecule has 0 saturated heterocycles. The SMILES string of the molecule is COCCn1ccc2c(OC(F)(F)F)cccc21. The summed E-state index contributed by atoms with van der Waals surface area (Å²) in [6, 6.07) is 6.18. The molecule has 2 rings (SSSR count). The van der Waals surface area contributed by atoms with E-state index in [9.17, 15) is 13.2 Å². The Morgan fingerprint density at radius 3 is 2.67 bits per heavy atom. The van der Waals surface area contributed by atoms with Gasteiger partial charge in [-0.05, 0) is 18.2 Å². The van der Waals surface area contributed by atoms with Crippen LogP contribution in [0.2, 0.25) is 0 Å². The van der Waals surface area contributed by atoms with Crippen molar-refractivity contribution in [1.29, 1.82) is 0 Å². The molecule has 6 heteroatoms. The van der Waals surface area contributed by atoms with E-state index in [1.165, 1.54) is 12.1 Å². The molecule has 3 nitrogen and oxygen atoms in total. The van der Waals surface area contributed by atoms with Crippen molar-refractivity contribution in [3.05, 3.63) is 30.5 Å². The molecule has 1 heterocycles. The van der Waals surface area contributed by atoms with Crippen molar-refractivity contribution in [2.75, 3.05) is 13.7 Å². The molecule has 0 radical (unpaired) electrons. The third-order valence-corrected chi connectivity index (χ3v) is 2.54. The van der Waals surface area contributed by atoms with Gasteiger partial charge in [-0.1, -0.05) is 6.07 Å². The predicted octanol–water partition coefficient (Wildman–Crippen LogP) is 3.19. The van der Waals surface area contributed by atoms with Gasteiger partial charge in [-0.2, -0.15) is 0 Å². The van der Waals surface area contributed by atoms with Gasteiger partial charge in [0, 0.05) is 25.2 Å². The van der Waals surface area contributed by atoms with Gasteiger partial charge >= 0.3 is 6.36 Å². The highest BCUT2D eigenvalue weighted by Crippen LogP contribution is 2.31. The van der Waals surface area contributed by atoms with E-state index in [0.717, 1.165) is 0 Å². The summed E-state index contributed by atoms with van der Waals surface area (Å²) in [6.07, 6.45) is -2.96. The van der Waals surface area contributed by atoms with Crippen LogP contribution in [0.4, 0.5) is 13.2 Å². The predicted molar refractivity (Wildman–Crippen MR) is 60.5 cm³/mol. The Kier molecular flexibility index (Phi) is 3.47. The molecule has 1 aromatic heterocycles. The first-order chi connectivity index (χ1) is 8.51. The number of aromatic nitrogens is 1. The molecule has 0 amide bonds. The van der Waals surface area contributed by atoms with Crippen molar-refractivity contribution < 1.29 is 22.6 Å². The topological polar surface area (TPSA) is 23.4 Å². The molecule has 0 unspecified atom stereocenters. The minimum absolute atomic E-state index is 0.184. The lowest BCUT2D eigenvalue weighted by Gasteiger charge is -2.10. The first-order valence-corrected chi connectivity index (χ1v) is 5.34. The summed E-state index contributed by atoms with van der Waals surface area (Å²) in [5, 5.41) is 0.436. The fraction of sp³-hybridized carbons (Fsp3) is 0.333. The molecule has 0 fully saturated rings. The summed E-state index contributed by atoms with van der Waals surface area (Å²) in [7, 11) is 1.57. The maximum Gasteiger partial charge on any atom is 0.573 e. The number of fused-ring (bicyclic) bond motifs is 1. The number of alkyl halides is 3. The molecule has 98 valence electrons. The van der Waals surface area contributed by atoms with Crippen LogP contribution in [0, 0.1) is 0 Å². The van der Waals surface area contributed by atoms with Crippen LogP contribution in [-0.4, -0.2) is 24.6 Å². The van der Waals surface area contributed by atoms with Gasteiger partial charge in [0.25, 0.3) is 0 Å². The summed E-state index contributed by atoms with van der Waals surface area (Å²) in [6.45, 7) is 1.07. The monoisotopic (exact) mass is 259 g/mol. The van der Waals surface area contributed by atoms with E-state index in [1.807, 2.05) is 4.57 Å².